The zero-order chi connectivity index (χ0) is 15.6. The highest BCUT2D eigenvalue weighted by molar-refractivity contribution is 8.13. The van der Waals surface area contributed by atoms with Gasteiger partial charge in [-0.2, -0.15) is 0 Å². The summed E-state index contributed by atoms with van der Waals surface area (Å²) in [6.45, 7) is 0. The minimum Gasteiger partial charge on any atom is -0.322 e. The van der Waals surface area contributed by atoms with Gasteiger partial charge in [-0.15, -0.1) is 0 Å². The molecule has 0 aliphatic carbocycles. The van der Waals surface area contributed by atoms with Crippen molar-refractivity contribution in [3.63, 3.8) is 0 Å². The summed E-state index contributed by atoms with van der Waals surface area (Å²) in [4.78, 5) is 12.0. The van der Waals surface area contributed by atoms with Gasteiger partial charge in [0.2, 0.25) is 0 Å². The Morgan fingerprint density at radius 2 is 1.62 bits per heavy atom. The van der Waals surface area contributed by atoms with Crippen LogP contribution in [0.5, 0.6) is 0 Å². The zero-order valence-corrected chi connectivity index (χ0v) is 13.4. The normalized spacial score (nSPS) is 11.2. The summed E-state index contributed by atoms with van der Waals surface area (Å²) in [7, 11) is 1.41. The molecular formula is C13H8Cl3NO3S. The number of carbonyl (C=O) groups excluding carboxylic acids is 1. The van der Waals surface area contributed by atoms with Crippen molar-refractivity contribution in [3.05, 3.63) is 58.1 Å². The highest BCUT2D eigenvalue weighted by Gasteiger charge is 2.13. The van der Waals surface area contributed by atoms with Gasteiger partial charge in [-0.3, -0.25) is 4.79 Å². The SMILES string of the molecule is O=C(Nc1ccc(S(=O)(=O)Cl)cc1)c1cc(Cl)ccc1Cl. The number of benzene rings is 2. The smallest absolute Gasteiger partial charge is 0.261 e. The minimum absolute atomic E-state index is 0.0528. The Morgan fingerprint density at radius 1 is 1.00 bits per heavy atom. The molecule has 0 aromatic heterocycles. The molecule has 2 aromatic carbocycles. The standard InChI is InChI=1S/C13H8Cl3NO3S/c14-8-1-6-12(15)11(7-8)13(18)17-9-2-4-10(5-3-9)21(16,19)20/h1-7H,(H,17,18). The predicted octanol–water partition coefficient (Wildman–Crippen LogP) is 4.17. The molecule has 0 spiro atoms. The molecule has 2 rings (SSSR count). The second-order valence-electron chi connectivity index (χ2n) is 4.04. The fourth-order valence-corrected chi connectivity index (χ4v) is 2.72. The van der Waals surface area contributed by atoms with Crippen molar-refractivity contribution in [2.75, 3.05) is 5.32 Å². The molecule has 0 aliphatic rings. The summed E-state index contributed by atoms with van der Waals surface area (Å²) < 4.78 is 22.2. The molecule has 0 bridgehead atoms. The number of carbonyl (C=O) groups is 1. The lowest BCUT2D eigenvalue weighted by Crippen LogP contribution is -2.12. The molecule has 0 fully saturated rings. The van der Waals surface area contributed by atoms with E-state index in [-0.39, 0.29) is 15.5 Å². The van der Waals surface area contributed by atoms with Crippen molar-refractivity contribution in [1.29, 1.82) is 0 Å². The van der Waals surface area contributed by atoms with E-state index in [0.29, 0.717) is 10.7 Å². The molecule has 0 atom stereocenters. The van der Waals surface area contributed by atoms with Crippen molar-refractivity contribution in [3.8, 4) is 0 Å². The van der Waals surface area contributed by atoms with Gasteiger partial charge in [0.05, 0.1) is 15.5 Å². The average molecular weight is 365 g/mol. The van der Waals surface area contributed by atoms with Gasteiger partial charge in [0, 0.05) is 21.4 Å². The highest BCUT2D eigenvalue weighted by Crippen LogP contribution is 2.23. The van der Waals surface area contributed by atoms with E-state index < -0.39 is 15.0 Å². The number of nitrogens with one attached hydrogen (secondary N) is 1. The summed E-state index contributed by atoms with van der Waals surface area (Å²) in [5.41, 5.74) is 0.623. The summed E-state index contributed by atoms with van der Waals surface area (Å²) in [6, 6.07) is 9.95. The first-order valence-electron chi connectivity index (χ1n) is 5.58. The molecule has 0 saturated heterocycles. The van der Waals surface area contributed by atoms with E-state index in [9.17, 15) is 13.2 Å². The molecule has 8 heteroatoms. The Morgan fingerprint density at radius 3 is 2.19 bits per heavy atom. The molecule has 0 heterocycles. The molecule has 110 valence electrons. The van der Waals surface area contributed by atoms with Gasteiger partial charge in [-0.1, -0.05) is 23.2 Å². The number of hydrogen-bond acceptors (Lipinski definition) is 3. The number of hydrogen-bond donors (Lipinski definition) is 1. The first-order valence-corrected chi connectivity index (χ1v) is 8.65. The number of rotatable bonds is 3. The van der Waals surface area contributed by atoms with E-state index in [4.69, 9.17) is 33.9 Å². The predicted molar refractivity (Wildman–Crippen MR) is 83.9 cm³/mol. The molecule has 0 saturated carbocycles. The van der Waals surface area contributed by atoms with Crippen LogP contribution < -0.4 is 5.32 Å². The van der Waals surface area contributed by atoms with Crippen molar-refractivity contribution in [2.45, 2.75) is 4.90 Å². The van der Waals surface area contributed by atoms with Gasteiger partial charge in [0.15, 0.2) is 0 Å². The molecule has 0 radical (unpaired) electrons. The van der Waals surface area contributed by atoms with Crippen LogP contribution in [-0.2, 0) is 9.05 Å². The Balaban J connectivity index is 2.22. The molecular weight excluding hydrogens is 357 g/mol. The lowest BCUT2D eigenvalue weighted by atomic mass is 10.2. The Labute approximate surface area is 136 Å². The van der Waals surface area contributed by atoms with Gasteiger partial charge in [0.25, 0.3) is 15.0 Å². The van der Waals surface area contributed by atoms with E-state index >= 15 is 0 Å². The van der Waals surface area contributed by atoms with Crippen LogP contribution in [0.4, 0.5) is 5.69 Å². The Kier molecular flexibility index (Phi) is 4.78. The van der Waals surface area contributed by atoms with Crippen molar-refractivity contribution < 1.29 is 13.2 Å². The summed E-state index contributed by atoms with van der Waals surface area (Å²) >= 11 is 11.7. The first-order chi connectivity index (χ1) is 9.77. The van der Waals surface area contributed by atoms with Crippen LogP contribution in [0.3, 0.4) is 0 Å². The molecule has 21 heavy (non-hydrogen) atoms. The number of amides is 1. The van der Waals surface area contributed by atoms with Gasteiger partial charge < -0.3 is 5.32 Å². The van der Waals surface area contributed by atoms with Crippen LogP contribution in [0.15, 0.2) is 47.4 Å². The quantitative estimate of drug-likeness (QED) is 0.831. The molecule has 4 nitrogen and oxygen atoms in total. The van der Waals surface area contributed by atoms with E-state index in [0.717, 1.165) is 0 Å². The molecule has 0 unspecified atom stereocenters. The lowest BCUT2D eigenvalue weighted by Gasteiger charge is -2.07. The van der Waals surface area contributed by atoms with Gasteiger partial charge in [-0.05, 0) is 42.5 Å². The second-order valence-corrected chi connectivity index (χ2v) is 7.45. The Hall–Kier alpha value is -1.27. The van der Waals surface area contributed by atoms with Crippen molar-refractivity contribution in [2.24, 2.45) is 0 Å². The fraction of sp³-hybridized carbons (Fsp3) is 0. The topological polar surface area (TPSA) is 63.2 Å². The minimum atomic E-state index is -3.79. The maximum atomic E-state index is 12.1. The number of anilines is 1. The average Bonchev–Trinajstić information content (AvgIpc) is 2.41. The molecule has 2 aromatic rings. The van der Waals surface area contributed by atoms with Gasteiger partial charge >= 0.3 is 0 Å². The van der Waals surface area contributed by atoms with E-state index in [1.54, 1.807) is 6.07 Å². The maximum Gasteiger partial charge on any atom is 0.261 e. The van der Waals surface area contributed by atoms with E-state index in [1.165, 1.54) is 36.4 Å². The number of halogens is 3. The summed E-state index contributed by atoms with van der Waals surface area (Å²) in [5, 5.41) is 3.23. The van der Waals surface area contributed by atoms with Gasteiger partial charge in [-0.25, -0.2) is 8.42 Å². The van der Waals surface area contributed by atoms with E-state index in [1.807, 2.05) is 0 Å². The molecule has 1 amide bonds. The summed E-state index contributed by atoms with van der Waals surface area (Å²) in [6.07, 6.45) is 0. The Bertz CT molecular complexity index is 789. The third-order valence-electron chi connectivity index (χ3n) is 2.57. The maximum absolute atomic E-state index is 12.1. The summed E-state index contributed by atoms with van der Waals surface area (Å²) in [5.74, 6) is -0.455. The van der Waals surface area contributed by atoms with Crippen molar-refractivity contribution in [1.82, 2.24) is 0 Å². The third kappa shape index (κ3) is 4.11. The highest BCUT2D eigenvalue weighted by atomic mass is 35.7. The third-order valence-corrected chi connectivity index (χ3v) is 4.50. The van der Waals surface area contributed by atoms with Crippen LogP contribution in [0.1, 0.15) is 10.4 Å². The van der Waals surface area contributed by atoms with Crippen LogP contribution in [0, 0.1) is 0 Å². The lowest BCUT2D eigenvalue weighted by molar-refractivity contribution is 0.102. The van der Waals surface area contributed by atoms with Crippen LogP contribution in [-0.4, -0.2) is 14.3 Å². The van der Waals surface area contributed by atoms with Crippen molar-refractivity contribution >= 4 is 54.5 Å². The van der Waals surface area contributed by atoms with Crippen LogP contribution in [0.25, 0.3) is 0 Å². The fourth-order valence-electron chi connectivity index (χ4n) is 1.57. The monoisotopic (exact) mass is 363 g/mol. The zero-order valence-electron chi connectivity index (χ0n) is 10.3. The van der Waals surface area contributed by atoms with Crippen LogP contribution >= 0.6 is 33.9 Å². The molecule has 0 aliphatic heterocycles. The second kappa shape index (κ2) is 6.23. The first kappa shape index (κ1) is 16.1. The largest absolute Gasteiger partial charge is 0.322 e. The van der Waals surface area contributed by atoms with Crippen LogP contribution in [0.2, 0.25) is 10.0 Å². The van der Waals surface area contributed by atoms with Gasteiger partial charge in [0.1, 0.15) is 0 Å². The van der Waals surface area contributed by atoms with E-state index in [2.05, 4.69) is 5.32 Å². The molecule has 1 N–H and O–H groups in total.